The number of sulfonamides is 1. The maximum absolute atomic E-state index is 12.2. The third kappa shape index (κ3) is 4.56. The number of nitrogens with one attached hydrogen (secondary N) is 2. The van der Waals surface area contributed by atoms with E-state index in [0.717, 1.165) is 6.07 Å². The van der Waals surface area contributed by atoms with Crippen molar-refractivity contribution in [1.82, 2.24) is 14.9 Å². The van der Waals surface area contributed by atoms with Gasteiger partial charge in [0.2, 0.25) is 10.0 Å². The van der Waals surface area contributed by atoms with E-state index in [2.05, 4.69) is 15.1 Å². The molecule has 146 valence electrons. The number of aromatic nitrogens is 2. The summed E-state index contributed by atoms with van der Waals surface area (Å²) in [6.45, 7) is -0.206. The van der Waals surface area contributed by atoms with Crippen LogP contribution >= 0.6 is 11.6 Å². The average molecular weight is 424 g/mol. The molecule has 0 saturated carbocycles. The van der Waals surface area contributed by atoms with Gasteiger partial charge in [-0.3, -0.25) is 19.6 Å². The Morgan fingerprint density at radius 3 is 2.79 bits per heavy atom. The van der Waals surface area contributed by atoms with Gasteiger partial charge in [0.15, 0.2) is 0 Å². The lowest BCUT2D eigenvalue weighted by Gasteiger charge is -2.10. The van der Waals surface area contributed by atoms with E-state index < -0.39 is 26.6 Å². The Morgan fingerprint density at radius 2 is 2.04 bits per heavy atom. The highest BCUT2D eigenvalue weighted by molar-refractivity contribution is 7.92. The number of amides is 1. The van der Waals surface area contributed by atoms with Crippen LogP contribution in [0.4, 0.5) is 11.4 Å². The van der Waals surface area contributed by atoms with Crippen molar-refractivity contribution in [2.75, 3.05) is 17.0 Å². The first kappa shape index (κ1) is 19.6. The van der Waals surface area contributed by atoms with E-state index >= 15 is 0 Å². The second-order valence-corrected chi connectivity index (χ2v) is 7.96. The smallest absolute Gasteiger partial charge is 0.270 e. The number of rotatable bonds is 7. The van der Waals surface area contributed by atoms with Crippen LogP contribution in [0.25, 0.3) is 5.52 Å². The molecule has 0 spiro atoms. The lowest BCUT2D eigenvalue weighted by molar-refractivity contribution is -0.384. The van der Waals surface area contributed by atoms with Gasteiger partial charge in [0.1, 0.15) is 0 Å². The standard InChI is InChI=1S/C16H14ClN5O5S/c17-15-2-1-13(22(24)25)10-14(15)16(23)18-6-8-28(26,27)20-11-4-7-21-12(9-11)3-5-19-21/h1-5,7,9-10,20H,6,8H2,(H,18,23). The van der Waals surface area contributed by atoms with E-state index in [9.17, 15) is 23.3 Å². The molecule has 10 nitrogen and oxygen atoms in total. The molecule has 0 saturated heterocycles. The van der Waals surface area contributed by atoms with Crippen LogP contribution in [0.3, 0.4) is 0 Å². The summed E-state index contributed by atoms with van der Waals surface area (Å²) in [5.41, 5.74) is 0.682. The van der Waals surface area contributed by atoms with Crippen molar-refractivity contribution in [2.24, 2.45) is 0 Å². The first-order valence-electron chi connectivity index (χ1n) is 7.91. The summed E-state index contributed by atoms with van der Waals surface area (Å²) in [4.78, 5) is 22.3. The number of non-ortho nitro benzene ring substituents is 1. The first-order valence-corrected chi connectivity index (χ1v) is 9.94. The second-order valence-electron chi connectivity index (χ2n) is 5.71. The molecule has 0 aliphatic heterocycles. The van der Waals surface area contributed by atoms with E-state index in [1.54, 1.807) is 35.1 Å². The molecule has 3 rings (SSSR count). The summed E-state index contributed by atoms with van der Waals surface area (Å²) < 4.78 is 28.4. The molecule has 2 N–H and O–H groups in total. The van der Waals surface area contributed by atoms with Gasteiger partial charge in [0.25, 0.3) is 11.6 Å². The maximum atomic E-state index is 12.2. The van der Waals surface area contributed by atoms with Crippen molar-refractivity contribution in [1.29, 1.82) is 0 Å². The lowest BCUT2D eigenvalue weighted by atomic mass is 10.2. The lowest BCUT2D eigenvalue weighted by Crippen LogP contribution is -2.31. The van der Waals surface area contributed by atoms with E-state index in [0.29, 0.717) is 11.2 Å². The van der Waals surface area contributed by atoms with Gasteiger partial charge in [0, 0.05) is 31.1 Å². The topological polar surface area (TPSA) is 136 Å². The van der Waals surface area contributed by atoms with Crippen molar-refractivity contribution in [3.63, 3.8) is 0 Å². The average Bonchev–Trinajstić information content (AvgIpc) is 3.09. The van der Waals surface area contributed by atoms with Crippen LogP contribution in [0.1, 0.15) is 10.4 Å². The number of halogens is 1. The minimum atomic E-state index is -3.73. The molecular formula is C16H14ClN5O5S. The van der Waals surface area contributed by atoms with Gasteiger partial charge in [0.05, 0.1) is 32.5 Å². The van der Waals surface area contributed by atoms with Crippen molar-refractivity contribution >= 4 is 44.4 Å². The van der Waals surface area contributed by atoms with Gasteiger partial charge < -0.3 is 5.32 Å². The zero-order chi connectivity index (χ0) is 20.3. The van der Waals surface area contributed by atoms with Crippen LogP contribution in [0, 0.1) is 10.1 Å². The van der Waals surface area contributed by atoms with Gasteiger partial charge in [-0.25, -0.2) is 12.9 Å². The molecule has 0 atom stereocenters. The molecule has 0 fully saturated rings. The number of hydrogen-bond donors (Lipinski definition) is 2. The van der Waals surface area contributed by atoms with Crippen LogP contribution in [-0.4, -0.2) is 41.2 Å². The van der Waals surface area contributed by atoms with E-state index in [1.165, 1.54) is 12.1 Å². The van der Waals surface area contributed by atoms with Gasteiger partial charge in [-0.15, -0.1) is 0 Å². The number of fused-ring (bicyclic) bond motifs is 1. The van der Waals surface area contributed by atoms with Gasteiger partial charge >= 0.3 is 0 Å². The molecular weight excluding hydrogens is 410 g/mol. The number of carbonyl (C=O) groups excluding carboxylic acids is 1. The minimum Gasteiger partial charge on any atom is -0.351 e. The summed E-state index contributed by atoms with van der Waals surface area (Å²) in [5.74, 6) is -1.10. The SMILES string of the molecule is O=C(NCCS(=O)(=O)Nc1ccn2nccc2c1)c1cc([N+](=O)[O-])ccc1Cl. The Hall–Kier alpha value is -3.18. The summed E-state index contributed by atoms with van der Waals surface area (Å²) in [6.07, 6.45) is 3.20. The van der Waals surface area contributed by atoms with Crippen molar-refractivity contribution in [2.45, 2.75) is 0 Å². The number of nitrogens with zero attached hydrogens (tertiary/aromatic N) is 3. The number of hydrogen-bond acceptors (Lipinski definition) is 6. The number of anilines is 1. The fourth-order valence-corrected chi connectivity index (χ4v) is 3.57. The highest BCUT2D eigenvalue weighted by Gasteiger charge is 2.17. The van der Waals surface area contributed by atoms with Crippen LogP contribution in [-0.2, 0) is 10.0 Å². The number of benzene rings is 1. The van der Waals surface area contributed by atoms with Gasteiger partial charge in [-0.2, -0.15) is 5.10 Å². The quantitative estimate of drug-likeness (QED) is 0.441. The predicted molar refractivity (Wildman–Crippen MR) is 103 cm³/mol. The first-order chi connectivity index (χ1) is 13.2. The largest absolute Gasteiger partial charge is 0.351 e. The predicted octanol–water partition coefficient (Wildman–Crippen LogP) is 2.07. The third-order valence-corrected chi connectivity index (χ3v) is 5.35. The molecule has 0 radical (unpaired) electrons. The molecule has 2 heterocycles. The Labute approximate surface area is 164 Å². The monoisotopic (exact) mass is 423 g/mol. The van der Waals surface area contributed by atoms with Crippen molar-refractivity contribution in [3.05, 3.63) is 69.5 Å². The zero-order valence-electron chi connectivity index (χ0n) is 14.2. The van der Waals surface area contributed by atoms with E-state index in [1.807, 2.05) is 0 Å². The second kappa shape index (κ2) is 7.82. The van der Waals surface area contributed by atoms with E-state index in [-0.39, 0.29) is 22.8 Å². The number of nitro benzene ring substituents is 1. The van der Waals surface area contributed by atoms with Crippen LogP contribution in [0.2, 0.25) is 5.02 Å². The van der Waals surface area contributed by atoms with Gasteiger partial charge in [-0.1, -0.05) is 11.6 Å². The van der Waals surface area contributed by atoms with Gasteiger partial charge in [-0.05, 0) is 24.3 Å². The summed E-state index contributed by atoms with van der Waals surface area (Å²) in [6, 6.07) is 8.33. The molecule has 12 heteroatoms. The third-order valence-electron chi connectivity index (χ3n) is 3.73. The molecule has 3 aromatic rings. The van der Waals surface area contributed by atoms with Crippen LogP contribution in [0.5, 0.6) is 0 Å². The minimum absolute atomic E-state index is 0.0261. The highest BCUT2D eigenvalue weighted by atomic mass is 35.5. The normalized spacial score (nSPS) is 11.3. The van der Waals surface area contributed by atoms with Crippen LogP contribution < -0.4 is 10.0 Å². The fourth-order valence-electron chi connectivity index (χ4n) is 2.41. The molecule has 28 heavy (non-hydrogen) atoms. The molecule has 0 aliphatic rings. The molecule has 0 unspecified atom stereocenters. The van der Waals surface area contributed by atoms with E-state index in [4.69, 9.17) is 11.6 Å². The van der Waals surface area contributed by atoms with Crippen molar-refractivity contribution in [3.8, 4) is 0 Å². The Morgan fingerprint density at radius 1 is 1.25 bits per heavy atom. The highest BCUT2D eigenvalue weighted by Crippen LogP contribution is 2.22. The summed E-state index contributed by atoms with van der Waals surface area (Å²) in [5, 5.41) is 17.2. The van der Waals surface area contributed by atoms with Crippen LogP contribution in [0.15, 0.2) is 48.8 Å². The fraction of sp³-hybridized carbons (Fsp3) is 0.125. The zero-order valence-corrected chi connectivity index (χ0v) is 15.8. The molecule has 1 amide bonds. The summed E-state index contributed by atoms with van der Waals surface area (Å²) >= 11 is 5.89. The molecule has 0 bridgehead atoms. The van der Waals surface area contributed by atoms with Crippen molar-refractivity contribution < 1.29 is 18.1 Å². The molecule has 0 aliphatic carbocycles. The summed E-state index contributed by atoms with van der Waals surface area (Å²) in [7, 11) is -3.73. The number of carbonyl (C=O) groups is 1. The maximum Gasteiger partial charge on any atom is 0.270 e. The molecule has 2 aromatic heterocycles. The number of pyridine rings is 1. The Kier molecular flexibility index (Phi) is 5.47. The Bertz CT molecular complexity index is 1160. The Balaban J connectivity index is 1.61. The molecule has 1 aromatic carbocycles. The number of nitro groups is 1.